The van der Waals surface area contributed by atoms with E-state index < -0.39 is 29.1 Å². The van der Waals surface area contributed by atoms with Crippen molar-refractivity contribution in [2.75, 3.05) is 29.9 Å². The maximum atomic E-state index is 13.8. The molecule has 0 unspecified atom stereocenters. The fourth-order valence-corrected chi connectivity index (χ4v) is 3.61. The van der Waals surface area contributed by atoms with Gasteiger partial charge in [0.1, 0.15) is 17.3 Å². The van der Waals surface area contributed by atoms with Gasteiger partial charge in [0, 0.05) is 25.2 Å². The molecule has 1 aliphatic heterocycles. The van der Waals surface area contributed by atoms with Crippen LogP contribution >= 0.6 is 0 Å². The minimum Gasteiger partial charge on any atom is -0.333 e. The Labute approximate surface area is 179 Å². The monoisotopic (exact) mass is 429 g/mol. The third kappa shape index (κ3) is 5.07. The Morgan fingerprint density at radius 1 is 1.10 bits per heavy atom. The first-order valence-electron chi connectivity index (χ1n) is 10.3. The van der Waals surface area contributed by atoms with E-state index in [1.165, 1.54) is 11.0 Å². The molecule has 0 radical (unpaired) electrons. The lowest BCUT2D eigenvalue weighted by molar-refractivity contribution is -0.138. The minimum atomic E-state index is -0.895. The van der Waals surface area contributed by atoms with Crippen LogP contribution in [0, 0.1) is 17.6 Å². The normalized spacial score (nSPS) is 15.8. The summed E-state index contributed by atoms with van der Waals surface area (Å²) in [4.78, 5) is 40.6. The van der Waals surface area contributed by atoms with Crippen LogP contribution in [-0.4, -0.2) is 42.3 Å². The van der Waals surface area contributed by atoms with Gasteiger partial charge in [0.25, 0.3) is 0 Å². The van der Waals surface area contributed by atoms with Crippen LogP contribution in [0.3, 0.4) is 0 Å². The first-order chi connectivity index (χ1) is 14.8. The van der Waals surface area contributed by atoms with Crippen molar-refractivity contribution < 1.29 is 23.2 Å². The van der Waals surface area contributed by atoms with E-state index in [0.29, 0.717) is 0 Å². The second-order valence-electron chi connectivity index (χ2n) is 7.42. The molecule has 3 rings (SSSR count). The highest BCUT2D eigenvalue weighted by Crippen LogP contribution is 2.27. The van der Waals surface area contributed by atoms with Gasteiger partial charge < -0.3 is 15.1 Å². The van der Waals surface area contributed by atoms with E-state index in [0.717, 1.165) is 29.8 Å². The Balaban J connectivity index is 1.64. The summed E-state index contributed by atoms with van der Waals surface area (Å²) in [5, 5.41) is 2.18. The van der Waals surface area contributed by atoms with Crippen molar-refractivity contribution >= 4 is 29.1 Å². The number of nitrogens with one attached hydrogen (secondary N) is 1. The highest BCUT2D eigenvalue weighted by Gasteiger charge is 2.37. The maximum absolute atomic E-state index is 13.8. The van der Waals surface area contributed by atoms with Crippen LogP contribution in [0.4, 0.5) is 20.2 Å². The Morgan fingerprint density at radius 3 is 2.32 bits per heavy atom. The quantitative estimate of drug-likeness (QED) is 0.734. The lowest BCUT2D eigenvalue weighted by atomic mass is 10.1. The van der Waals surface area contributed by atoms with Gasteiger partial charge in [-0.15, -0.1) is 0 Å². The molecule has 1 saturated heterocycles. The average molecular weight is 429 g/mol. The number of carbonyl (C=O) groups is 3. The number of hydrogen-bond donors (Lipinski definition) is 1. The van der Waals surface area contributed by atoms with Crippen LogP contribution in [-0.2, 0) is 20.8 Å². The van der Waals surface area contributed by atoms with Gasteiger partial charge >= 0.3 is 0 Å². The van der Waals surface area contributed by atoms with E-state index in [4.69, 9.17) is 0 Å². The van der Waals surface area contributed by atoms with Crippen LogP contribution in [0.5, 0.6) is 0 Å². The van der Waals surface area contributed by atoms with Crippen molar-refractivity contribution in [2.45, 2.75) is 26.7 Å². The molecule has 8 heteroatoms. The number of rotatable bonds is 7. The number of anilines is 2. The number of nitrogens with zero attached hydrogens (tertiary/aromatic N) is 2. The molecule has 1 aliphatic rings. The molecule has 3 amide bonds. The number of carbonyl (C=O) groups excluding carboxylic acids is 3. The van der Waals surface area contributed by atoms with Gasteiger partial charge in [-0.3, -0.25) is 14.4 Å². The summed E-state index contributed by atoms with van der Waals surface area (Å²) in [5.41, 5.74) is 1.33. The first-order valence-corrected chi connectivity index (χ1v) is 10.3. The van der Waals surface area contributed by atoms with Gasteiger partial charge in [0.15, 0.2) is 0 Å². The smallest absolute Gasteiger partial charge is 0.244 e. The van der Waals surface area contributed by atoms with Gasteiger partial charge in [0.2, 0.25) is 17.7 Å². The number of likely N-dealkylation sites (N-methyl/N-ethyl adjacent to an activating group) is 1. The number of benzene rings is 2. The zero-order valence-electron chi connectivity index (χ0n) is 17.5. The second-order valence-corrected chi connectivity index (χ2v) is 7.42. The van der Waals surface area contributed by atoms with E-state index >= 15 is 0 Å². The summed E-state index contributed by atoms with van der Waals surface area (Å²) >= 11 is 0. The molecule has 1 heterocycles. The summed E-state index contributed by atoms with van der Waals surface area (Å²) in [6.45, 7) is 3.83. The molecular formula is C23H25F2N3O3. The Bertz CT molecular complexity index is 958. The minimum absolute atomic E-state index is 0.0500. The molecule has 1 N–H and O–H groups in total. The third-order valence-electron chi connectivity index (χ3n) is 5.39. The lowest BCUT2D eigenvalue weighted by Gasteiger charge is -2.24. The van der Waals surface area contributed by atoms with Gasteiger partial charge in [-0.05, 0) is 43.2 Å². The number of hydrogen-bond acceptors (Lipinski definition) is 3. The standard InChI is InChI=1S/C23H25F2N3O3/c1-3-15-8-10-17(11-9-15)28-13-16(12-21(28)30)23(31)27(4-2)14-20(29)26-22-18(24)6-5-7-19(22)25/h5-11,16H,3-4,12-14H2,1-2H3,(H,26,29)/t16-/m0/s1. The molecular weight excluding hydrogens is 404 g/mol. The predicted octanol–water partition coefficient (Wildman–Crippen LogP) is 3.37. The molecule has 1 atom stereocenters. The average Bonchev–Trinajstić information content (AvgIpc) is 3.16. The molecule has 0 spiro atoms. The van der Waals surface area contributed by atoms with E-state index in [1.54, 1.807) is 11.8 Å². The zero-order chi connectivity index (χ0) is 22.5. The molecule has 1 fully saturated rings. The van der Waals surface area contributed by atoms with Gasteiger partial charge in [-0.1, -0.05) is 25.1 Å². The van der Waals surface area contributed by atoms with Gasteiger partial charge in [-0.2, -0.15) is 0 Å². The molecule has 31 heavy (non-hydrogen) atoms. The van der Waals surface area contributed by atoms with Crippen molar-refractivity contribution in [3.63, 3.8) is 0 Å². The molecule has 6 nitrogen and oxygen atoms in total. The predicted molar refractivity (Wildman–Crippen MR) is 114 cm³/mol. The van der Waals surface area contributed by atoms with Crippen molar-refractivity contribution in [3.05, 3.63) is 59.7 Å². The van der Waals surface area contributed by atoms with Crippen molar-refractivity contribution in [3.8, 4) is 0 Å². The Hall–Kier alpha value is -3.29. The number of amides is 3. The highest BCUT2D eigenvalue weighted by molar-refractivity contribution is 6.01. The topological polar surface area (TPSA) is 69.7 Å². The molecule has 0 aromatic heterocycles. The van der Waals surface area contributed by atoms with E-state index in [2.05, 4.69) is 5.32 Å². The third-order valence-corrected chi connectivity index (χ3v) is 5.39. The summed E-state index contributed by atoms with van der Waals surface area (Å²) in [6.07, 6.45) is 0.939. The van der Waals surface area contributed by atoms with Gasteiger partial charge in [-0.25, -0.2) is 8.78 Å². The van der Waals surface area contributed by atoms with E-state index in [9.17, 15) is 23.2 Å². The summed E-state index contributed by atoms with van der Waals surface area (Å²) in [5.74, 6) is -3.58. The van der Waals surface area contributed by atoms with Crippen LogP contribution < -0.4 is 10.2 Å². The molecule has 0 saturated carbocycles. The van der Waals surface area contributed by atoms with Crippen LogP contribution in [0.1, 0.15) is 25.8 Å². The fourth-order valence-electron chi connectivity index (χ4n) is 3.61. The highest BCUT2D eigenvalue weighted by atomic mass is 19.1. The summed E-state index contributed by atoms with van der Waals surface area (Å²) in [6, 6.07) is 10.9. The van der Waals surface area contributed by atoms with Crippen molar-refractivity contribution in [1.29, 1.82) is 0 Å². The number of halogens is 2. The zero-order valence-corrected chi connectivity index (χ0v) is 17.5. The maximum Gasteiger partial charge on any atom is 0.244 e. The van der Waals surface area contributed by atoms with Gasteiger partial charge in [0.05, 0.1) is 12.5 Å². The van der Waals surface area contributed by atoms with Crippen molar-refractivity contribution in [2.24, 2.45) is 5.92 Å². The van der Waals surface area contributed by atoms with E-state index in [1.807, 2.05) is 31.2 Å². The Kier molecular flexibility index (Phi) is 6.99. The Morgan fingerprint density at radius 2 is 1.74 bits per heavy atom. The largest absolute Gasteiger partial charge is 0.333 e. The lowest BCUT2D eigenvalue weighted by Crippen LogP contribution is -2.42. The van der Waals surface area contributed by atoms with E-state index in [-0.39, 0.29) is 37.9 Å². The number of aryl methyl sites for hydroxylation is 1. The number of para-hydroxylation sites is 1. The van der Waals surface area contributed by atoms with Crippen LogP contribution in [0.2, 0.25) is 0 Å². The first kappa shape index (κ1) is 22.4. The summed E-state index contributed by atoms with van der Waals surface area (Å²) in [7, 11) is 0. The molecule has 0 aliphatic carbocycles. The SMILES string of the molecule is CCc1ccc(N2C[C@@H](C(=O)N(CC)CC(=O)Nc3c(F)cccc3F)CC2=O)cc1. The molecule has 0 bridgehead atoms. The second kappa shape index (κ2) is 9.68. The van der Waals surface area contributed by atoms with Crippen LogP contribution in [0.15, 0.2) is 42.5 Å². The molecule has 164 valence electrons. The molecule has 2 aromatic carbocycles. The van der Waals surface area contributed by atoms with Crippen LogP contribution in [0.25, 0.3) is 0 Å². The molecule has 2 aromatic rings. The van der Waals surface area contributed by atoms with Crippen molar-refractivity contribution in [1.82, 2.24) is 4.90 Å². The fraction of sp³-hybridized carbons (Fsp3) is 0.348. The summed E-state index contributed by atoms with van der Waals surface area (Å²) < 4.78 is 27.5.